The van der Waals surface area contributed by atoms with Crippen LogP contribution in [0.2, 0.25) is 0 Å². The number of esters is 2. The largest absolute Gasteiger partial charge is 0.496 e. The lowest BCUT2D eigenvalue weighted by Crippen LogP contribution is -2.44. The third-order valence-corrected chi connectivity index (χ3v) is 5.03. The first-order valence-electron chi connectivity index (χ1n) is 10.3. The maximum absolute atomic E-state index is 12.6. The molecule has 0 aliphatic carbocycles. The number of ether oxygens (including phenoxy) is 4. The van der Waals surface area contributed by atoms with Crippen LogP contribution in [0.4, 0.5) is 5.69 Å². The molecule has 10 nitrogen and oxygen atoms in total. The van der Waals surface area contributed by atoms with Crippen LogP contribution in [0.1, 0.15) is 26.7 Å². The first-order chi connectivity index (χ1) is 15.4. The number of carbonyl (C=O) groups excluding carboxylic acids is 2. The van der Waals surface area contributed by atoms with E-state index in [-0.39, 0.29) is 17.5 Å². The Bertz CT molecular complexity index is 1000. The first kappa shape index (κ1) is 21.7. The van der Waals surface area contributed by atoms with E-state index in [4.69, 9.17) is 23.4 Å². The van der Waals surface area contributed by atoms with Crippen LogP contribution in [0.25, 0.3) is 11.3 Å². The number of hydrogen-bond acceptors (Lipinski definition) is 10. The molecule has 1 atom stereocenters. The Morgan fingerprint density at radius 2 is 2.03 bits per heavy atom. The zero-order valence-electron chi connectivity index (χ0n) is 18.1. The lowest BCUT2D eigenvalue weighted by atomic mass is 10.1. The van der Waals surface area contributed by atoms with E-state index in [0.29, 0.717) is 35.9 Å². The molecule has 0 unspecified atom stereocenters. The monoisotopic (exact) mass is 443 g/mol. The molecule has 1 aromatic heterocycles. The summed E-state index contributed by atoms with van der Waals surface area (Å²) in [5.74, 6) is -1.66. The number of benzene rings is 1. The molecule has 0 saturated carbocycles. The molecule has 2 aliphatic rings. The van der Waals surface area contributed by atoms with Crippen molar-refractivity contribution in [2.75, 3.05) is 25.6 Å². The summed E-state index contributed by atoms with van der Waals surface area (Å²) in [5.41, 5.74) is 1.02. The van der Waals surface area contributed by atoms with E-state index < -0.39 is 17.7 Å². The molecule has 0 radical (unpaired) electrons. The summed E-state index contributed by atoms with van der Waals surface area (Å²) in [7, 11) is 1.53. The number of nitrogens with zero attached hydrogens (tertiary/aromatic N) is 1. The standard InChI is InChI=1S/C22H25N3O7/c1-22(2)31-20(26)18(21(27)32-22)19(24-10-14-5-4-8-29-14)25-13-6-7-15(16(9-13)28-3)17-11-23-12-30-17/h6-7,9,11-12,14,24-25H,4-5,8,10H2,1-3H3/t14-/m0/s1. The summed E-state index contributed by atoms with van der Waals surface area (Å²) >= 11 is 0. The number of carbonyl (C=O) groups is 2. The van der Waals surface area contributed by atoms with Crippen molar-refractivity contribution >= 4 is 17.6 Å². The molecule has 4 rings (SSSR count). The van der Waals surface area contributed by atoms with Gasteiger partial charge in [-0.1, -0.05) is 0 Å². The Balaban J connectivity index is 1.64. The lowest BCUT2D eigenvalue weighted by Gasteiger charge is -2.31. The third-order valence-electron chi connectivity index (χ3n) is 5.03. The van der Waals surface area contributed by atoms with Gasteiger partial charge in [-0.15, -0.1) is 0 Å². The number of rotatable bonds is 7. The first-order valence-corrected chi connectivity index (χ1v) is 10.3. The molecule has 1 aromatic carbocycles. The van der Waals surface area contributed by atoms with Crippen LogP contribution in [-0.2, 0) is 23.8 Å². The van der Waals surface area contributed by atoms with Gasteiger partial charge in [0.25, 0.3) is 5.79 Å². The molecule has 0 spiro atoms. The van der Waals surface area contributed by atoms with Gasteiger partial charge in [0.2, 0.25) is 0 Å². The highest BCUT2D eigenvalue weighted by atomic mass is 16.7. The summed E-state index contributed by atoms with van der Waals surface area (Å²) in [6.07, 6.45) is 4.74. The minimum absolute atomic E-state index is 0.0252. The van der Waals surface area contributed by atoms with Gasteiger partial charge in [-0.25, -0.2) is 14.6 Å². The molecule has 0 amide bonds. The summed E-state index contributed by atoms with van der Waals surface area (Å²) in [6, 6.07) is 5.26. The second-order valence-corrected chi connectivity index (χ2v) is 7.85. The topological polar surface area (TPSA) is 121 Å². The summed E-state index contributed by atoms with van der Waals surface area (Å²) < 4.78 is 27.0. The van der Waals surface area contributed by atoms with Crippen molar-refractivity contribution < 1.29 is 33.0 Å². The summed E-state index contributed by atoms with van der Waals surface area (Å²) in [5, 5.41) is 6.21. The van der Waals surface area contributed by atoms with E-state index in [1.54, 1.807) is 24.4 Å². The molecule has 2 N–H and O–H groups in total. The van der Waals surface area contributed by atoms with Crippen LogP contribution in [0.5, 0.6) is 5.75 Å². The van der Waals surface area contributed by atoms with Crippen molar-refractivity contribution in [2.24, 2.45) is 0 Å². The zero-order valence-corrected chi connectivity index (χ0v) is 18.1. The van der Waals surface area contributed by atoms with E-state index in [9.17, 15) is 9.59 Å². The highest BCUT2D eigenvalue weighted by molar-refractivity contribution is 6.16. The van der Waals surface area contributed by atoms with Gasteiger partial charge < -0.3 is 34.0 Å². The third kappa shape index (κ3) is 4.70. The van der Waals surface area contributed by atoms with Gasteiger partial charge in [0, 0.05) is 38.8 Å². The fraction of sp³-hybridized carbons (Fsp3) is 0.409. The van der Waals surface area contributed by atoms with Gasteiger partial charge in [-0.05, 0) is 25.0 Å². The van der Waals surface area contributed by atoms with Gasteiger partial charge in [-0.2, -0.15) is 0 Å². The van der Waals surface area contributed by atoms with Crippen LogP contribution < -0.4 is 15.4 Å². The predicted molar refractivity (Wildman–Crippen MR) is 112 cm³/mol. The molecule has 0 bridgehead atoms. The highest BCUT2D eigenvalue weighted by Crippen LogP contribution is 2.33. The van der Waals surface area contributed by atoms with E-state index in [2.05, 4.69) is 15.6 Å². The molecule has 2 aromatic rings. The minimum atomic E-state index is -1.33. The van der Waals surface area contributed by atoms with Crippen LogP contribution in [0.15, 0.2) is 46.6 Å². The number of cyclic esters (lactones) is 2. The number of methoxy groups -OCH3 is 1. The van der Waals surface area contributed by atoms with Crippen LogP contribution in [0.3, 0.4) is 0 Å². The van der Waals surface area contributed by atoms with Crippen molar-refractivity contribution in [2.45, 2.75) is 38.6 Å². The minimum Gasteiger partial charge on any atom is -0.496 e. The molecule has 10 heteroatoms. The molecule has 2 saturated heterocycles. The van der Waals surface area contributed by atoms with Crippen LogP contribution in [0, 0.1) is 0 Å². The lowest BCUT2D eigenvalue weighted by molar-refractivity contribution is -0.222. The number of aromatic nitrogens is 1. The molecule has 2 fully saturated rings. The van der Waals surface area contributed by atoms with Crippen molar-refractivity contribution in [3.63, 3.8) is 0 Å². The number of anilines is 1. The fourth-order valence-electron chi connectivity index (χ4n) is 3.54. The predicted octanol–water partition coefficient (Wildman–Crippen LogP) is 2.58. The maximum Gasteiger partial charge on any atom is 0.352 e. The Kier molecular flexibility index (Phi) is 6.04. The van der Waals surface area contributed by atoms with E-state index in [1.807, 2.05) is 0 Å². The zero-order chi connectivity index (χ0) is 22.7. The maximum atomic E-state index is 12.6. The quantitative estimate of drug-likeness (QED) is 0.375. The highest BCUT2D eigenvalue weighted by Gasteiger charge is 2.41. The van der Waals surface area contributed by atoms with E-state index >= 15 is 0 Å². The Morgan fingerprint density at radius 1 is 1.25 bits per heavy atom. The number of nitrogens with one attached hydrogen (secondary N) is 2. The Labute approximate surface area is 184 Å². The number of hydrogen-bond donors (Lipinski definition) is 2. The van der Waals surface area contributed by atoms with Gasteiger partial charge >= 0.3 is 11.9 Å². The second-order valence-electron chi connectivity index (χ2n) is 7.85. The van der Waals surface area contributed by atoms with E-state index in [1.165, 1.54) is 27.4 Å². The van der Waals surface area contributed by atoms with Crippen LogP contribution in [-0.4, -0.2) is 49.1 Å². The molecule has 170 valence electrons. The van der Waals surface area contributed by atoms with Crippen molar-refractivity contribution in [3.05, 3.63) is 42.2 Å². The van der Waals surface area contributed by atoms with Gasteiger partial charge in [0.15, 0.2) is 17.7 Å². The van der Waals surface area contributed by atoms with Crippen molar-refractivity contribution in [1.82, 2.24) is 10.3 Å². The van der Waals surface area contributed by atoms with E-state index in [0.717, 1.165) is 12.8 Å². The molecular formula is C22H25N3O7. The smallest absolute Gasteiger partial charge is 0.352 e. The Hall–Kier alpha value is -3.53. The number of oxazole rings is 1. The van der Waals surface area contributed by atoms with Gasteiger partial charge in [-0.3, -0.25) is 0 Å². The molecular weight excluding hydrogens is 418 g/mol. The normalized spacial score (nSPS) is 19.8. The van der Waals surface area contributed by atoms with Gasteiger partial charge in [0.1, 0.15) is 11.6 Å². The summed E-state index contributed by atoms with van der Waals surface area (Å²) in [4.78, 5) is 29.2. The fourth-order valence-corrected chi connectivity index (χ4v) is 3.54. The molecule has 3 heterocycles. The van der Waals surface area contributed by atoms with Crippen LogP contribution >= 0.6 is 0 Å². The average molecular weight is 443 g/mol. The van der Waals surface area contributed by atoms with Crippen molar-refractivity contribution in [3.8, 4) is 17.1 Å². The molecule has 2 aliphatic heterocycles. The SMILES string of the molecule is COc1cc(NC(NC[C@@H]2CCCO2)=C2C(=O)OC(C)(C)OC2=O)ccc1-c1cnco1. The molecule has 32 heavy (non-hydrogen) atoms. The Morgan fingerprint density at radius 3 is 2.66 bits per heavy atom. The van der Waals surface area contributed by atoms with Crippen molar-refractivity contribution in [1.29, 1.82) is 0 Å². The van der Waals surface area contributed by atoms with Gasteiger partial charge in [0.05, 0.1) is 25.0 Å². The average Bonchev–Trinajstić information content (AvgIpc) is 3.44. The second kappa shape index (κ2) is 8.91. The summed E-state index contributed by atoms with van der Waals surface area (Å²) in [6.45, 7) is 4.09.